The first-order chi connectivity index (χ1) is 18.2. The number of ketones is 1. The van der Waals surface area contributed by atoms with Gasteiger partial charge in [0.1, 0.15) is 5.78 Å². The molecule has 0 aromatic carbocycles. The summed E-state index contributed by atoms with van der Waals surface area (Å²) < 4.78 is 17.0. The monoisotopic (exact) mass is 546 g/mol. The highest BCUT2D eigenvalue weighted by Crippen LogP contribution is 2.33. The van der Waals surface area contributed by atoms with Crippen LogP contribution in [0.1, 0.15) is 136 Å². The summed E-state index contributed by atoms with van der Waals surface area (Å²) in [6.07, 6.45) is 22.9. The highest BCUT2D eigenvalue weighted by Gasteiger charge is 2.18. The lowest BCUT2D eigenvalue weighted by Crippen LogP contribution is -3.10. The fraction of sp³-hybridized carbons (Fsp3) is 0.967. The van der Waals surface area contributed by atoms with Crippen molar-refractivity contribution in [3.63, 3.8) is 0 Å². The van der Waals surface area contributed by atoms with Crippen molar-refractivity contribution in [2.45, 2.75) is 136 Å². The Hall–Kier alpha value is -0.100. The molecule has 0 aromatic rings. The molecule has 0 saturated carbocycles. The fourth-order valence-electron chi connectivity index (χ4n) is 5.14. The van der Waals surface area contributed by atoms with Gasteiger partial charge in [0.2, 0.25) is 0 Å². The average molecular weight is 547 g/mol. The highest BCUT2D eigenvalue weighted by atomic mass is 31.2. The quantitative estimate of drug-likeness (QED) is 0.0835. The van der Waals surface area contributed by atoms with E-state index in [2.05, 4.69) is 6.92 Å². The Morgan fingerprint density at radius 3 is 1.95 bits per heavy atom. The Balaban J connectivity index is 2.04. The van der Waals surface area contributed by atoms with Gasteiger partial charge < -0.3 is 23.6 Å². The lowest BCUT2D eigenvalue weighted by atomic mass is 10.0. The molecule has 220 valence electrons. The molecule has 0 amide bonds. The van der Waals surface area contributed by atoms with Gasteiger partial charge in [0.15, 0.2) is 0 Å². The second-order valence-corrected chi connectivity index (χ2v) is 12.1. The van der Waals surface area contributed by atoms with Crippen LogP contribution in [0.5, 0.6) is 0 Å². The average Bonchev–Trinajstić information content (AvgIpc) is 3.41. The molecule has 1 rings (SSSR count). The minimum Gasteiger partial charge on any atom is -0.381 e. The van der Waals surface area contributed by atoms with E-state index in [1.807, 2.05) is 6.92 Å². The molecule has 1 aliphatic heterocycles. The van der Waals surface area contributed by atoms with E-state index >= 15 is 0 Å². The predicted octanol–water partition coefficient (Wildman–Crippen LogP) is 6.79. The second-order valence-electron chi connectivity index (χ2n) is 11.1. The van der Waals surface area contributed by atoms with Gasteiger partial charge in [-0.25, -0.2) is 0 Å². The molecule has 0 aliphatic carbocycles. The molecular weight excluding hydrogens is 485 g/mol. The maximum absolute atomic E-state index is 12.2. The molecule has 1 fully saturated rings. The van der Waals surface area contributed by atoms with E-state index in [4.69, 9.17) is 13.8 Å². The number of rotatable bonds is 28. The molecule has 2 N–H and O–H groups in total. The maximum atomic E-state index is 12.2. The molecular formula is C30H61NO5P+. The van der Waals surface area contributed by atoms with E-state index in [0.29, 0.717) is 32.7 Å². The van der Waals surface area contributed by atoms with Crippen LogP contribution < -0.4 is 4.90 Å². The summed E-state index contributed by atoms with van der Waals surface area (Å²) >= 11 is 0. The van der Waals surface area contributed by atoms with Crippen molar-refractivity contribution in [3.8, 4) is 0 Å². The van der Waals surface area contributed by atoms with Crippen LogP contribution in [0.3, 0.4) is 0 Å². The topological polar surface area (TPSA) is 69.4 Å². The second kappa shape index (κ2) is 26.1. The molecule has 37 heavy (non-hydrogen) atoms. The summed E-state index contributed by atoms with van der Waals surface area (Å²) in [6, 6.07) is 0. The van der Waals surface area contributed by atoms with E-state index in [9.17, 15) is 9.69 Å². The van der Waals surface area contributed by atoms with Crippen LogP contribution in [0.25, 0.3) is 0 Å². The molecule has 1 heterocycles. The largest absolute Gasteiger partial charge is 0.381 e. The van der Waals surface area contributed by atoms with Crippen LogP contribution >= 0.6 is 8.60 Å². The number of quaternary nitrogens is 1. The summed E-state index contributed by atoms with van der Waals surface area (Å²) in [5.74, 6) is 0.230. The number of unbranched alkanes of at least 4 members (excludes halogenated alkanes) is 12. The van der Waals surface area contributed by atoms with Crippen molar-refractivity contribution >= 4 is 14.4 Å². The zero-order valence-corrected chi connectivity index (χ0v) is 25.4. The smallest absolute Gasteiger partial charge is 0.329 e. The predicted molar refractivity (Wildman–Crippen MR) is 155 cm³/mol. The summed E-state index contributed by atoms with van der Waals surface area (Å²) in [7, 11) is -1.88. The van der Waals surface area contributed by atoms with Crippen LogP contribution in [0.15, 0.2) is 0 Å². The van der Waals surface area contributed by atoms with E-state index in [0.717, 1.165) is 32.4 Å². The first-order valence-corrected chi connectivity index (χ1v) is 17.0. The Bertz CT molecular complexity index is 504. The minimum absolute atomic E-state index is 0.0178. The Kier molecular flexibility index (Phi) is 24.7. The third-order valence-corrected chi connectivity index (χ3v) is 8.17. The van der Waals surface area contributed by atoms with Gasteiger partial charge in [-0.1, -0.05) is 90.9 Å². The zero-order chi connectivity index (χ0) is 26.8. The van der Waals surface area contributed by atoms with Gasteiger partial charge in [-0.3, -0.25) is 4.79 Å². The van der Waals surface area contributed by atoms with Crippen LogP contribution in [0, 0.1) is 5.92 Å². The Labute approximate surface area is 230 Å². The van der Waals surface area contributed by atoms with E-state index in [-0.39, 0.29) is 11.7 Å². The molecule has 6 nitrogen and oxygen atoms in total. The molecule has 0 aromatic heterocycles. The van der Waals surface area contributed by atoms with Gasteiger partial charge in [-0.05, 0) is 12.8 Å². The van der Waals surface area contributed by atoms with Gasteiger partial charge in [-0.2, -0.15) is 0 Å². The van der Waals surface area contributed by atoms with Crippen molar-refractivity contribution in [1.82, 2.24) is 0 Å². The molecule has 2 unspecified atom stereocenters. The van der Waals surface area contributed by atoms with E-state index in [1.54, 1.807) is 4.90 Å². The van der Waals surface area contributed by atoms with E-state index in [1.165, 1.54) is 103 Å². The van der Waals surface area contributed by atoms with Gasteiger partial charge in [0, 0.05) is 44.6 Å². The van der Waals surface area contributed by atoms with Crippen molar-refractivity contribution in [2.75, 3.05) is 46.1 Å². The van der Waals surface area contributed by atoms with Crippen LogP contribution in [0.4, 0.5) is 0 Å². The maximum Gasteiger partial charge on any atom is 0.329 e. The SMILES string of the molecule is CCCCCCCCCCCCCCCOCC(COP(O)OCCC[NH+]1CCCC1)CC(=O)CCC. The fourth-order valence-corrected chi connectivity index (χ4v) is 5.84. The lowest BCUT2D eigenvalue weighted by molar-refractivity contribution is -0.887. The zero-order valence-electron chi connectivity index (χ0n) is 24.5. The number of nitrogens with one attached hydrogen (secondary N) is 1. The molecule has 2 atom stereocenters. The van der Waals surface area contributed by atoms with Gasteiger partial charge in [0.05, 0.1) is 39.5 Å². The number of carbonyl (C=O) groups is 1. The van der Waals surface area contributed by atoms with Crippen LogP contribution in [-0.2, 0) is 18.6 Å². The summed E-state index contributed by atoms with van der Waals surface area (Å²) in [6.45, 7) is 10.0. The van der Waals surface area contributed by atoms with Gasteiger partial charge >= 0.3 is 8.60 Å². The van der Waals surface area contributed by atoms with Crippen molar-refractivity contribution in [3.05, 3.63) is 0 Å². The first-order valence-electron chi connectivity index (χ1n) is 15.8. The third-order valence-electron chi connectivity index (χ3n) is 7.40. The highest BCUT2D eigenvalue weighted by molar-refractivity contribution is 7.40. The van der Waals surface area contributed by atoms with E-state index < -0.39 is 8.60 Å². The molecule has 1 aliphatic rings. The number of Topliss-reactive ketones (excluding diaryl/α,β-unsaturated/α-hetero) is 1. The van der Waals surface area contributed by atoms with Crippen molar-refractivity contribution in [2.24, 2.45) is 5.92 Å². The molecule has 0 bridgehead atoms. The third kappa shape index (κ3) is 22.4. The molecule has 0 radical (unpaired) electrons. The van der Waals surface area contributed by atoms with Crippen molar-refractivity contribution in [1.29, 1.82) is 0 Å². The van der Waals surface area contributed by atoms with Crippen molar-refractivity contribution < 1.29 is 28.4 Å². The Morgan fingerprint density at radius 2 is 1.35 bits per heavy atom. The van der Waals surface area contributed by atoms with Crippen LogP contribution in [-0.4, -0.2) is 56.7 Å². The molecule has 7 heteroatoms. The van der Waals surface area contributed by atoms with Crippen LogP contribution in [0.2, 0.25) is 0 Å². The lowest BCUT2D eigenvalue weighted by Gasteiger charge is -2.19. The standard InChI is InChI=1S/C30H60NO5P/c1-3-5-6-7-8-9-10-11-12-13-14-15-18-24-34-27-29(26-30(32)20-4-2)28-36-37(33)35-25-19-23-31-21-16-17-22-31/h29,33H,3-28H2,1-2H3/p+1. The minimum atomic E-state index is -1.88. The summed E-state index contributed by atoms with van der Waals surface area (Å²) in [5.41, 5.74) is 0. The summed E-state index contributed by atoms with van der Waals surface area (Å²) in [4.78, 5) is 24.0. The first kappa shape index (κ1) is 34.9. The Morgan fingerprint density at radius 1 is 0.757 bits per heavy atom. The number of likely N-dealkylation sites (tertiary alicyclic amines) is 1. The normalized spacial score (nSPS) is 15.9. The van der Waals surface area contributed by atoms with Gasteiger partial charge in [-0.15, -0.1) is 0 Å². The molecule has 0 spiro atoms. The number of hydrogen-bond acceptors (Lipinski definition) is 5. The molecule has 1 saturated heterocycles. The number of ether oxygens (including phenoxy) is 1. The summed E-state index contributed by atoms with van der Waals surface area (Å²) in [5, 5.41) is 0. The number of carbonyl (C=O) groups excluding carboxylic acids is 1. The van der Waals surface area contributed by atoms with Gasteiger partial charge in [0.25, 0.3) is 0 Å². The number of hydrogen-bond donors (Lipinski definition) is 2.